The van der Waals surface area contributed by atoms with Crippen LogP contribution in [0.15, 0.2) is 12.5 Å². The van der Waals surface area contributed by atoms with Gasteiger partial charge in [-0.3, -0.25) is 4.79 Å². The molecule has 1 aromatic rings. The Morgan fingerprint density at radius 1 is 1.60 bits per heavy atom. The Morgan fingerprint density at radius 2 is 2.27 bits per heavy atom. The Kier molecular flexibility index (Phi) is 3.68. The van der Waals surface area contributed by atoms with Gasteiger partial charge in [-0.25, -0.2) is 9.97 Å². The predicted molar refractivity (Wildman–Crippen MR) is 51.0 cm³/mol. The second kappa shape index (κ2) is 4.61. The average molecular weight is 235 g/mol. The standard InChI is InChI=1S/C9H9ClF2N2O/c1-2-3-7(15)6-4-13-5-14-8(6)9(10,11)12/h4-5H,2-3H2,1H3. The molecule has 1 aromatic heterocycles. The van der Waals surface area contributed by atoms with Gasteiger partial charge in [0.05, 0.1) is 5.56 Å². The van der Waals surface area contributed by atoms with E-state index in [1.165, 1.54) is 0 Å². The lowest BCUT2D eigenvalue weighted by Crippen LogP contribution is -2.14. The molecule has 0 amide bonds. The summed E-state index contributed by atoms with van der Waals surface area (Å²) in [5.74, 6) is -0.423. The molecule has 82 valence electrons. The van der Waals surface area contributed by atoms with Crippen molar-refractivity contribution in [3.05, 3.63) is 23.8 Å². The first-order valence-corrected chi connectivity index (χ1v) is 4.75. The number of aromatic nitrogens is 2. The Bertz CT molecular complexity index is 365. The van der Waals surface area contributed by atoms with Gasteiger partial charge in [-0.05, 0) is 18.0 Å². The zero-order valence-electron chi connectivity index (χ0n) is 8.01. The van der Waals surface area contributed by atoms with Gasteiger partial charge < -0.3 is 0 Å². The highest BCUT2D eigenvalue weighted by atomic mass is 35.5. The van der Waals surface area contributed by atoms with Crippen molar-refractivity contribution in [2.75, 3.05) is 0 Å². The maximum Gasteiger partial charge on any atom is 0.365 e. The van der Waals surface area contributed by atoms with Crippen LogP contribution < -0.4 is 0 Å². The molecular formula is C9H9ClF2N2O. The van der Waals surface area contributed by atoms with Gasteiger partial charge in [-0.1, -0.05) is 6.92 Å². The quantitative estimate of drug-likeness (QED) is 0.594. The third-order valence-electron chi connectivity index (χ3n) is 1.76. The van der Waals surface area contributed by atoms with Crippen LogP contribution in [0.1, 0.15) is 35.8 Å². The van der Waals surface area contributed by atoms with Gasteiger partial charge in [0.2, 0.25) is 0 Å². The molecular weight excluding hydrogens is 226 g/mol. The van der Waals surface area contributed by atoms with Crippen molar-refractivity contribution in [1.82, 2.24) is 9.97 Å². The van der Waals surface area contributed by atoms with Crippen LogP contribution >= 0.6 is 11.6 Å². The lowest BCUT2D eigenvalue weighted by atomic mass is 10.1. The number of halogens is 3. The summed E-state index contributed by atoms with van der Waals surface area (Å²) < 4.78 is 25.7. The Morgan fingerprint density at radius 3 is 2.80 bits per heavy atom. The van der Waals surface area contributed by atoms with Gasteiger partial charge in [0.1, 0.15) is 12.0 Å². The number of nitrogens with zero attached hydrogens (tertiary/aromatic N) is 2. The van der Waals surface area contributed by atoms with E-state index in [1.54, 1.807) is 6.92 Å². The lowest BCUT2D eigenvalue weighted by Gasteiger charge is -2.10. The third kappa shape index (κ3) is 2.92. The van der Waals surface area contributed by atoms with E-state index in [-0.39, 0.29) is 12.0 Å². The van der Waals surface area contributed by atoms with Crippen LogP contribution in [0.25, 0.3) is 0 Å². The number of rotatable bonds is 4. The van der Waals surface area contributed by atoms with E-state index in [4.69, 9.17) is 11.6 Å². The molecule has 0 saturated carbocycles. The Hall–Kier alpha value is -1.10. The average Bonchev–Trinajstić information content (AvgIpc) is 2.17. The van der Waals surface area contributed by atoms with E-state index in [9.17, 15) is 13.6 Å². The summed E-state index contributed by atoms with van der Waals surface area (Å²) in [4.78, 5) is 18.3. The van der Waals surface area contributed by atoms with Crippen LogP contribution in [0.3, 0.4) is 0 Å². The van der Waals surface area contributed by atoms with Crippen molar-refractivity contribution < 1.29 is 13.6 Å². The third-order valence-corrected chi connectivity index (χ3v) is 1.94. The summed E-state index contributed by atoms with van der Waals surface area (Å²) in [6, 6.07) is 0. The second-order valence-electron chi connectivity index (χ2n) is 2.96. The minimum absolute atomic E-state index is 0.174. The molecule has 0 N–H and O–H groups in total. The summed E-state index contributed by atoms with van der Waals surface area (Å²) in [6.45, 7) is 1.78. The molecule has 0 saturated heterocycles. The fourth-order valence-electron chi connectivity index (χ4n) is 1.12. The van der Waals surface area contributed by atoms with Gasteiger partial charge >= 0.3 is 5.38 Å². The summed E-state index contributed by atoms with van der Waals surface area (Å²) in [5.41, 5.74) is -0.933. The van der Waals surface area contributed by atoms with Crippen molar-refractivity contribution in [3.8, 4) is 0 Å². The van der Waals surface area contributed by atoms with Crippen molar-refractivity contribution in [2.24, 2.45) is 0 Å². The van der Waals surface area contributed by atoms with E-state index in [1.807, 2.05) is 0 Å². The number of ketones is 1. The minimum atomic E-state index is -3.64. The smallest absolute Gasteiger partial charge is 0.294 e. The van der Waals surface area contributed by atoms with E-state index in [2.05, 4.69) is 9.97 Å². The monoisotopic (exact) mass is 234 g/mol. The van der Waals surface area contributed by atoms with E-state index in [0.717, 1.165) is 12.5 Å². The van der Waals surface area contributed by atoms with Crippen LogP contribution in [-0.4, -0.2) is 15.8 Å². The largest absolute Gasteiger partial charge is 0.365 e. The van der Waals surface area contributed by atoms with E-state index in [0.29, 0.717) is 6.42 Å². The number of Topliss-reactive ketones (excluding diaryl/α,β-unsaturated/α-hetero) is 1. The summed E-state index contributed by atoms with van der Waals surface area (Å²) >= 11 is 4.83. The van der Waals surface area contributed by atoms with Crippen LogP contribution in [0.5, 0.6) is 0 Å². The van der Waals surface area contributed by atoms with Crippen LogP contribution in [0.4, 0.5) is 8.78 Å². The number of hydrogen-bond donors (Lipinski definition) is 0. The van der Waals surface area contributed by atoms with Crippen LogP contribution in [0, 0.1) is 0 Å². The maximum absolute atomic E-state index is 12.8. The number of alkyl halides is 3. The molecule has 0 atom stereocenters. The number of carbonyl (C=O) groups excluding carboxylic acids is 1. The Labute approximate surface area is 90.5 Å². The molecule has 6 heteroatoms. The Balaban J connectivity index is 3.12. The molecule has 0 aliphatic carbocycles. The molecule has 3 nitrogen and oxygen atoms in total. The molecule has 1 rings (SSSR count). The SMILES string of the molecule is CCCC(=O)c1cncnc1C(F)(F)Cl. The van der Waals surface area contributed by atoms with Crippen molar-refractivity contribution in [1.29, 1.82) is 0 Å². The first-order chi connectivity index (χ1) is 6.96. The molecule has 1 heterocycles. The second-order valence-corrected chi connectivity index (χ2v) is 3.43. The first-order valence-electron chi connectivity index (χ1n) is 4.37. The fraction of sp³-hybridized carbons (Fsp3) is 0.444. The molecule has 15 heavy (non-hydrogen) atoms. The molecule has 0 aromatic carbocycles. The zero-order valence-corrected chi connectivity index (χ0v) is 8.76. The molecule has 0 unspecified atom stereocenters. The highest BCUT2D eigenvalue weighted by Gasteiger charge is 2.34. The maximum atomic E-state index is 12.8. The first kappa shape index (κ1) is 12.0. The van der Waals surface area contributed by atoms with Gasteiger partial charge in [0.15, 0.2) is 5.78 Å². The molecule has 0 fully saturated rings. The highest BCUT2D eigenvalue weighted by Crippen LogP contribution is 2.33. The summed E-state index contributed by atoms with van der Waals surface area (Å²) in [7, 11) is 0. The van der Waals surface area contributed by atoms with Crippen molar-refractivity contribution in [2.45, 2.75) is 25.1 Å². The predicted octanol–water partition coefficient (Wildman–Crippen LogP) is 2.75. The van der Waals surface area contributed by atoms with Gasteiger partial charge in [-0.15, -0.1) is 0 Å². The van der Waals surface area contributed by atoms with Crippen molar-refractivity contribution >= 4 is 17.4 Å². The fourth-order valence-corrected chi connectivity index (χ4v) is 1.27. The van der Waals surface area contributed by atoms with E-state index < -0.39 is 16.9 Å². The molecule has 0 aliphatic rings. The van der Waals surface area contributed by atoms with Crippen LogP contribution in [-0.2, 0) is 5.38 Å². The highest BCUT2D eigenvalue weighted by molar-refractivity contribution is 6.22. The minimum Gasteiger partial charge on any atom is -0.294 e. The summed E-state index contributed by atoms with van der Waals surface area (Å²) in [5, 5.41) is -3.64. The molecule has 0 radical (unpaired) electrons. The number of carbonyl (C=O) groups is 1. The zero-order chi connectivity index (χ0) is 11.5. The van der Waals surface area contributed by atoms with Gasteiger partial charge in [0.25, 0.3) is 0 Å². The molecule has 0 aliphatic heterocycles. The van der Waals surface area contributed by atoms with Crippen molar-refractivity contribution in [3.63, 3.8) is 0 Å². The van der Waals surface area contributed by atoms with Gasteiger partial charge in [-0.2, -0.15) is 8.78 Å². The number of hydrogen-bond acceptors (Lipinski definition) is 3. The molecule has 0 bridgehead atoms. The lowest BCUT2D eigenvalue weighted by molar-refractivity contribution is 0.0836. The normalized spacial score (nSPS) is 11.5. The van der Waals surface area contributed by atoms with E-state index >= 15 is 0 Å². The summed E-state index contributed by atoms with van der Waals surface area (Å²) in [6.07, 6.45) is 2.75. The molecule has 0 spiro atoms. The topological polar surface area (TPSA) is 42.9 Å². The van der Waals surface area contributed by atoms with Gasteiger partial charge in [0, 0.05) is 12.6 Å². The van der Waals surface area contributed by atoms with Crippen LogP contribution in [0.2, 0.25) is 0 Å².